The number of ether oxygens (including phenoxy) is 2. The molecule has 1 fully saturated rings. The number of benzene rings is 1. The van der Waals surface area contributed by atoms with Crippen LogP contribution in [-0.4, -0.2) is 31.6 Å². The summed E-state index contributed by atoms with van der Waals surface area (Å²) in [7, 11) is 1.68. The third-order valence-corrected chi connectivity index (χ3v) is 3.40. The Labute approximate surface area is 104 Å². The van der Waals surface area contributed by atoms with Crippen molar-refractivity contribution in [1.29, 1.82) is 0 Å². The third kappa shape index (κ3) is 1.19. The predicted octanol–water partition coefficient (Wildman–Crippen LogP) is 0.820. The average molecular weight is 247 g/mol. The summed E-state index contributed by atoms with van der Waals surface area (Å²) >= 11 is 0. The fourth-order valence-electron chi connectivity index (χ4n) is 2.51. The highest BCUT2D eigenvalue weighted by atomic mass is 16.7. The highest BCUT2D eigenvalue weighted by Gasteiger charge is 2.72. The second kappa shape index (κ2) is 3.55. The van der Waals surface area contributed by atoms with Gasteiger partial charge in [0.05, 0.1) is 12.3 Å². The van der Waals surface area contributed by atoms with Crippen LogP contribution in [0.4, 0.5) is 5.69 Å². The molecule has 2 aliphatic rings. The van der Waals surface area contributed by atoms with Gasteiger partial charge in [-0.1, -0.05) is 18.2 Å². The standard InChI is InChI=1S/C13H13NO4/c1-3-17-11(15)10-13(18-10)8-6-4-5-7-9(8)14(2)12(13)16/h4-7,10H,3H2,1-2H3. The zero-order valence-corrected chi connectivity index (χ0v) is 10.2. The van der Waals surface area contributed by atoms with Gasteiger partial charge in [0.2, 0.25) is 5.60 Å². The molecule has 2 unspecified atom stereocenters. The van der Waals surface area contributed by atoms with E-state index in [0.717, 1.165) is 11.3 Å². The third-order valence-electron chi connectivity index (χ3n) is 3.40. The van der Waals surface area contributed by atoms with Crippen LogP contribution in [0.1, 0.15) is 12.5 Å². The zero-order chi connectivity index (χ0) is 12.9. The Kier molecular flexibility index (Phi) is 2.22. The Morgan fingerprint density at radius 2 is 2.22 bits per heavy atom. The fourth-order valence-corrected chi connectivity index (χ4v) is 2.51. The molecule has 18 heavy (non-hydrogen) atoms. The molecule has 0 aromatic heterocycles. The molecule has 3 rings (SSSR count). The van der Waals surface area contributed by atoms with E-state index in [0.29, 0.717) is 0 Å². The van der Waals surface area contributed by atoms with E-state index in [4.69, 9.17) is 9.47 Å². The molecule has 1 amide bonds. The smallest absolute Gasteiger partial charge is 0.339 e. The zero-order valence-electron chi connectivity index (χ0n) is 10.2. The van der Waals surface area contributed by atoms with Crippen molar-refractivity contribution in [2.45, 2.75) is 18.6 Å². The van der Waals surface area contributed by atoms with Gasteiger partial charge in [0.25, 0.3) is 5.91 Å². The van der Waals surface area contributed by atoms with Crippen LogP contribution in [0, 0.1) is 0 Å². The first-order chi connectivity index (χ1) is 8.63. The molecule has 1 saturated heterocycles. The molecular formula is C13H13NO4. The van der Waals surface area contributed by atoms with Crippen molar-refractivity contribution in [3.05, 3.63) is 29.8 Å². The number of para-hydroxylation sites is 1. The van der Waals surface area contributed by atoms with Gasteiger partial charge in [-0.25, -0.2) is 4.79 Å². The van der Waals surface area contributed by atoms with Gasteiger partial charge in [-0.3, -0.25) is 4.79 Å². The number of hydrogen-bond acceptors (Lipinski definition) is 4. The summed E-state index contributed by atoms with van der Waals surface area (Å²) < 4.78 is 10.3. The lowest BCUT2D eigenvalue weighted by Gasteiger charge is -2.08. The Morgan fingerprint density at radius 1 is 1.50 bits per heavy atom. The van der Waals surface area contributed by atoms with Gasteiger partial charge < -0.3 is 14.4 Å². The van der Waals surface area contributed by atoms with Gasteiger partial charge in [-0.05, 0) is 13.0 Å². The van der Waals surface area contributed by atoms with Crippen LogP contribution in [0.3, 0.4) is 0 Å². The van der Waals surface area contributed by atoms with E-state index in [1.807, 2.05) is 24.3 Å². The number of amides is 1. The van der Waals surface area contributed by atoms with Crippen LogP contribution in [0.25, 0.3) is 0 Å². The van der Waals surface area contributed by atoms with Crippen LogP contribution in [0.2, 0.25) is 0 Å². The van der Waals surface area contributed by atoms with Crippen molar-refractivity contribution in [1.82, 2.24) is 0 Å². The number of epoxide rings is 1. The molecule has 94 valence electrons. The molecule has 0 saturated carbocycles. The first kappa shape index (κ1) is 11.2. The minimum Gasteiger partial charge on any atom is -0.464 e. The molecule has 2 atom stereocenters. The number of esters is 1. The van der Waals surface area contributed by atoms with Gasteiger partial charge in [0, 0.05) is 12.6 Å². The predicted molar refractivity (Wildman–Crippen MR) is 63.0 cm³/mol. The molecular weight excluding hydrogens is 234 g/mol. The molecule has 5 nitrogen and oxygen atoms in total. The van der Waals surface area contributed by atoms with Crippen LogP contribution < -0.4 is 4.90 Å². The summed E-state index contributed by atoms with van der Waals surface area (Å²) in [6, 6.07) is 7.34. The van der Waals surface area contributed by atoms with Crippen molar-refractivity contribution in [2.24, 2.45) is 0 Å². The van der Waals surface area contributed by atoms with Crippen LogP contribution in [0.5, 0.6) is 0 Å². The normalized spacial score (nSPS) is 28.4. The number of fused-ring (bicyclic) bond motifs is 2. The number of nitrogens with zero attached hydrogens (tertiary/aromatic N) is 1. The molecule has 0 N–H and O–H groups in total. The minimum atomic E-state index is -1.14. The van der Waals surface area contributed by atoms with E-state index >= 15 is 0 Å². The summed E-state index contributed by atoms with van der Waals surface area (Å²) in [5.41, 5.74) is 0.391. The second-order valence-electron chi connectivity index (χ2n) is 4.37. The van der Waals surface area contributed by atoms with Gasteiger partial charge in [-0.2, -0.15) is 0 Å². The summed E-state index contributed by atoms with van der Waals surface area (Å²) in [4.78, 5) is 25.5. The fraction of sp³-hybridized carbons (Fsp3) is 0.385. The number of carbonyl (C=O) groups excluding carboxylic acids is 2. The Balaban J connectivity index is 2.00. The van der Waals surface area contributed by atoms with Crippen molar-refractivity contribution in [3.8, 4) is 0 Å². The van der Waals surface area contributed by atoms with E-state index in [2.05, 4.69) is 0 Å². The van der Waals surface area contributed by atoms with Gasteiger partial charge in [0.1, 0.15) is 0 Å². The lowest BCUT2D eigenvalue weighted by atomic mass is 9.97. The number of anilines is 1. The van der Waals surface area contributed by atoms with Crippen molar-refractivity contribution in [3.63, 3.8) is 0 Å². The van der Waals surface area contributed by atoms with Gasteiger partial charge in [0.15, 0.2) is 6.10 Å². The molecule has 2 heterocycles. The summed E-state index contributed by atoms with van der Waals surface area (Å²) in [6.45, 7) is 2.00. The number of likely N-dealkylation sites (N-methyl/N-ethyl adjacent to an activating group) is 1. The topological polar surface area (TPSA) is 59.1 Å². The van der Waals surface area contributed by atoms with Crippen LogP contribution in [-0.2, 0) is 24.7 Å². The summed E-state index contributed by atoms with van der Waals surface area (Å²) in [5, 5.41) is 0. The molecule has 2 aliphatic heterocycles. The summed E-state index contributed by atoms with van der Waals surface area (Å²) in [6.07, 6.45) is -0.809. The maximum Gasteiger partial charge on any atom is 0.339 e. The minimum absolute atomic E-state index is 0.207. The Hall–Kier alpha value is -1.88. The molecule has 5 heteroatoms. The van der Waals surface area contributed by atoms with Crippen molar-refractivity contribution in [2.75, 3.05) is 18.6 Å². The van der Waals surface area contributed by atoms with Crippen LogP contribution in [0.15, 0.2) is 24.3 Å². The van der Waals surface area contributed by atoms with Crippen molar-refractivity contribution < 1.29 is 19.1 Å². The molecule has 0 radical (unpaired) electrons. The summed E-state index contributed by atoms with van der Waals surface area (Å²) in [5.74, 6) is -0.683. The SMILES string of the molecule is CCOC(=O)C1OC12C(=O)N(C)c1ccccc12. The maximum atomic E-state index is 12.3. The van der Waals surface area contributed by atoms with E-state index in [9.17, 15) is 9.59 Å². The van der Waals surface area contributed by atoms with E-state index in [1.54, 1.807) is 14.0 Å². The van der Waals surface area contributed by atoms with Crippen LogP contribution >= 0.6 is 0 Å². The van der Waals surface area contributed by atoms with Crippen molar-refractivity contribution >= 4 is 17.6 Å². The Bertz CT molecular complexity index is 542. The van der Waals surface area contributed by atoms with Gasteiger partial charge >= 0.3 is 5.97 Å². The molecule has 0 bridgehead atoms. The monoisotopic (exact) mass is 247 g/mol. The quantitative estimate of drug-likeness (QED) is 0.573. The first-order valence-corrected chi connectivity index (χ1v) is 5.85. The van der Waals surface area contributed by atoms with E-state index < -0.39 is 17.7 Å². The maximum absolute atomic E-state index is 12.3. The average Bonchev–Trinajstić information content (AvgIpc) is 3.09. The number of hydrogen-bond donors (Lipinski definition) is 0. The van der Waals surface area contributed by atoms with E-state index in [-0.39, 0.29) is 12.5 Å². The first-order valence-electron chi connectivity index (χ1n) is 5.85. The second-order valence-corrected chi connectivity index (χ2v) is 4.37. The largest absolute Gasteiger partial charge is 0.464 e. The Morgan fingerprint density at radius 3 is 2.94 bits per heavy atom. The van der Waals surface area contributed by atoms with Gasteiger partial charge in [-0.15, -0.1) is 0 Å². The highest BCUT2D eigenvalue weighted by Crippen LogP contribution is 2.55. The van der Waals surface area contributed by atoms with E-state index in [1.165, 1.54) is 4.90 Å². The lowest BCUT2D eigenvalue weighted by molar-refractivity contribution is -0.144. The molecule has 0 aliphatic carbocycles. The number of rotatable bonds is 2. The molecule has 1 aromatic rings. The molecule has 1 aromatic carbocycles. The lowest BCUT2D eigenvalue weighted by Crippen LogP contribution is -2.33. The number of carbonyl (C=O) groups is 2. The molecule has 1 spiro atoms. The highest BCUT2D eigenvalue weighted by molar-refractivity contribution is 6.12.